The van der Waals surface area contributed by atoms with E-state index in [-0.39, 0.29) is 6.04 Å². The molecule has 2 aromatic rings. The summed E-state index contributed by atoms with van der Waals surface area (Å²) in [5, 5.41) is 0. The Labute approximate surface area is 156 Å². The predicted molar refractivity (Wildman–Crippen MR) is 104 cm³/mol. The normalized spacial score (nSPS) is 26.7. The molecule has 1 aliphatic carbocycles. The van der Waals surface area contributed by atoms with Crippen molar-refractivity contribution in [2.75, 3.05) is 6.54 Å². The second-order valence-corrected chi connectivity index (χ2v) is 9.46. The highest BCUT2D eigenvalue weighted by Gasteiger charge is 2.46. The highest BCUT2D eigenvalue weighted by Crippen LogP contribution is 2.49. The second kappa shape index (κ2) is 6.67. The van der Waals surface area contributed by atoms with Gasteiger partial charge in [-0.2, -0.15) is 4.31 Å². The van der Waals surface area contributed by atoms with E-state index in [0.29, 0.717) is 23.3 Å². The minimum absolute atomic E-state index is 0.276. The van der Waals surface area contributed by atoms with E-state index in [2.05, 4.69) is 6.58 Å². The highest BCUT2D eigenvalue weighted by molar-refractivity contribution is 7.89. The standard InChI is InChI=1S/C22H25NO2S/c1-16-11-13-20(14-12-16)26(24,25)23-15-19-9-6-10-21(19)17(2)22(23)18-7-4-3-5-8-18/h3-5,7-8,11-14,19,21-22H,2,6,9-10,15H2,1H3/t19-,21+,22?/m0/s1. The monoisotopic (exact) mass is 367 g/mol. The van der Waals surface area contributed by atoms with Gasteiger partial charge in [0, 0.05) is 6.54 Å². The Hall–Kier alpha value is -1.91. The molecule has 3 nitrogen and oxygen atoms in total. The highest BCUT2D eigenvalue weighted by atomic mass is 32.2. The topological polar surface area (TPSA) is 37.4 Å². The van der Waals surface area contributed by atoms with Crippen molar-refractivity contribution in [3.63, 3.8) is 0 Å². The average Bonchev–Trinajstić information content (AvgIpc) is 3.12. The van der Waals surface area contributed by atoms with Gasteiger partial charge in [-0.25, -0.2) is 8.42 Å². The van der Waals surface area contributed by atoms with E-state index in [1.54, 1.807) is 16.4 Å². The number of fused-ring (bicyclic) bond motifs is 1. The van der Waals surface area contributed by atoms with Gasteiger partial charge in [0.25, 0.3) is 0 Å². The van der Waals surface area contributed by atoms with Crippen molar-refractivity contribution in [2.45, 2.75) is 37.1 Å². The molecule has 0 N–H and O–H groups in total. The average molecular weight is 368 g/mol. The molecule has 2 aromatic carbocycles. The van der Waals surface area contributed by atoms with Gasteiger partial charge in [-0.15, -0.1) is 0 Å². The molecule has 3 atom stereocenters. The summed E-state index contributed by atoms with van der Waals surface area (Å²) in [6.45, 7) is 6.93. The lowest BCUT2D eigenvalue weighted by Crippen LogP contribution is -2.45. The molecule has 1 saturated carbocycles. The lowest BCUT2D eigenvalue weighted by Gasteiger charge is -2.43. The van der Waals surface area contributed by atoms with Gasteiger partial charge in [-0.05, 0) is 49.3 Å². The Balaban J connectivity index is 1.80. The number of nitrogens with zero attached hydrogens (tertiary/aromatic N) is 1. The molecule has 1 aliphatic heterocycles. The van der Waals surface area contributed by atoms with Crippen molar-refractivity contribution < 1.29 is 8.42 Å². The van der Waals surface area contributed by atoms with Crippen molar-refractivity contribution in [2.24, 2.45) is 11.8 Å². The van der Waals surface area contributed by atoms with Crippen LogP contribution in [0.2, 0.25) is 0 Å². The number of benzene rings is 2. The predicted octanol–water partition coefficient (Wildman–Crippen LogP) is 4.71. The lowest BCUT2D eigenvalue weighted by molar-refractivity contribution is 0.215. The maximum Gasteiger partial charge on any atom is 0.243 e. The first kappa shape index (κ1) is 17.5. The van der Waals surface area contributed by atoms with Gasteiger partial charge < -0.3 is 0 Å². The van der Waals surface area contributed by atoms with Crippen LogP contribution in [0.4, 0.5) is 0 Å². The first-order valence-electron chi connectivity index (χ1n) is 9.30. The van der Waals surface area contributed by atoms with Crippen molar-refractivity contribution in [3.05, 3.63) is 77.9 Å². The molecule has 4 heteroatoms. The quantitative estimate of drug-likeness (QED) is 0.737. The van der Waals surface area contributed by atoms with E-state index < -0.39 is 10.0 Å². The third kappa shape index (κ3) is 2.91. The molecule has 0 radical (unpaired) electrons. The van der Waals surface area contributed by atoms with E-state index in [9.17, 15) is 8.42 Å². The first-order chi connectivity index (χ1) is 12.5. The van der Waals surface area contributed by atoms with Crippen LogP contribution >= 0.6 is 0 Å². The van der Waals surface area contributed by atoms with Crippen LogP contribution in [0, 0.1) is 18.8 Å². The molecular formula is C22H25NO2S. The number of hydrogen-bond acceptors (Lipinski definition) is 2. The zero-order valence-corrected chi connectivity index (χ0v) is 16.0. The Kier molecular flexibility index (Phi) is 4.49. The Morgan fingerprint density at radius 2 is 1.69 bits per heavy atom. The molecule has 0 amide bonds. The summed E-state index contributed by atoms with van der Waals surface area (Å²) in [5.41, 5.74) is 3.13. The van der Waals surface area contributed by atoms with E-state index in [0.717, 1.165) is 36.0 Å². The van der Waals surface area contributed by atoms with Gasteiger partial charge in [0.1, 0.15) is 0 Å². The van der Waals surface area contributed by atoms with Crippen LogP contribution in [0.15, 0.2) is 71.6 Å². The zero-order chi connectivity index (χ0) is 18.3. The van der Waals surface area contributed by atoms with Crippen LogP contribution in [-0.4, -0.2) is 19.3 Å². The Morgan fingerprint density at radius 3 is 2.38 bits per heavy atom. The number of aryl methyl sites for hydroxylation is 1. The summed E-state index contributed by atoms with van der Waals surface area (Å²) >= 11 is 0. The molecule has 1 saturated heterocycles. The van der Waals surface area contributed by atoms with Crippen molar-refractivity contribution in [1.82, 2.24) is 4.31 Å². The summed E-state index contributed by atoms with van der Waals surface area (Å²) in [6.07, 6.45) is 3.38. The summed E-state index contributed by atoms with van der Waals surface area (Å²) in [7, 11) is -3.58. The molecule has 4 rings (SSSR count). The van der Waals surface area contributed by atoms with Gasteiger partial charge in [0.15, 0.2) is 0 Å². The van der Waals surface area contributed by atoms with Gasteiger partial charge >= 0.3 is 0 Å². The molecule has 2 fully saturated rings. The molecule has 136 valence electrons. The van der Waals surface area contributed by atoms with Crippen LogP contribution in [-0.2, 0) is 10.0 Å². The minimum Gasteiger partial charge on any atom is -0.207 e. The summed E-state index contributed by atoms with van der Waals surface area (Å²) < 4.78 is 28.7. The molecule has 26 heavy (non-hydrogen) atoms. The van der Waals surface area contributed by atoms with E-state index in [4.69, 9.17) is 0 Å². The molecule has 0 bridgehead atoms. The van der Waals surface area contributed by atoms with Crippen LogP contribution in [0.1, 0.15) is 36.4 Å². The molecule has 2 aliphatic rings. The number of hydrogen-bond donors (Lipinski definition) is 0. The van der Waals surface area contributed by atoms with Gasteiger partial charge in [0.2, 0.25) is 10.0 Å². The number of piperidine rings is 1. The van der Waals surface area contributed by atoms with E-state index >= 15 is 0 Å². The summed E-state index contributed by atoms with van der Waals surface area (Å²) in [4.78, 5) is 0.369. The van der Waals surface area contributed by atoms with Gasteiger partial charge in [0.05, 0.1) is 10.9 Å². The number of sulfonamides is 1. The SMILES string of the molecule is C=C1C(c2ccccc2)N(S(=O)(=O)c2ccc(C)cc2)C[C@@H]2CCC[C@H]12. The van der Waals surface area contributed by atoms with Crippen LogP contribution < -0.4 is 0 Å². The minimum atomic E-state index is -3.58. The van der Waals surface area contributed by atoms with Gasteiger partial charge in [-0.3, -0.25) is 0 Å². The van der Waals surface area contributed by atoms with Crippen molar-refractivity contribution >= 4 is 10.0 Å². The van der Waals surface area contributed by atoms with Crippen molar-refractivity contribution in [3.8, 4) is 0 Å². The molecular weight excluding hydrogens is 342 g/mol. The fraction of sp³-hybridized carbons (Fsp3) is 0.364. The zero-order valence-electron chi connectivity index (χ0n) is 15.1. The van der Waals surface area contributed by atoms with Gasteiger partial charge in [-0.1, -0.05) is 66.6 Å². The first-order valence-corrected chi connectivity index (χ1v) is 10.7. The van der Waals surface area contributed by atoms with Crippen molar-refractivity contribution in [1.29, 1.82) is 0 Å². The lowest BCUT2D eigenvalue weighted by atomic mass is 9.79. The third-order valence-electron chi connectivity index (χ3n) is 5.93. The Bertz CT molecular complexity index is 903. The maximum atomic E-state index is 13.5. The second-order valence-electron chi connectivity index (χ2n) is 7.57. The fourth-order valence-corrected chi connectivity index (χ4v) is 6.24. The van der Waals surface area contributed by atoms with E-state index in [1.807, 2.05) is 49.4 Å². The smallest absolute Gasteiger partial charge is 0.207 e. The molecule has 0 aromatic heterocycles. The van der Waals surface area contributed by atoms with Crippen LogP contribution in [0.25, 0.3) is 0 Å². The van der Waals surface area contributed by atoms with Crippen LogP contribution in [0.3, 0.4) is 0 Å². The van der Waals surface area contributed by atoms with E-state index in [1.165, 1.54) is 0 Å². The summed E-state index contributed by atoms with van der Waals surface area (Å²) in [6, 6.07) is 16.8. The molecule has 1 heterocycles. The fourth-order valence-electron chi connectivity index (χ4n) is 4.57. The Morgan fingerprint density at radius 1 is 1.00 bits per heavy atom. The van der Waals surface area contributed by atoms with Crippen LogP contribution in [0.5, 0.6) is 0 Å². The largest absolute Gasteiger partial charge is 0.243 e. The third-order valence-corrected chi connectivity index (χ3v) is 7.78. The maximum absolute atomic E-state index is 13.5. The molecule has 0 spiro atoms. The molecule has 1 unspecified atom stereocenters. The summed E-state index contributed by atoms with van der Waals surface area (Å²) in [5.74, 6) is 0.826. The number of rotatable bonds is 3.